The molecule has 6 heteroatoms. The number of halogens is 2. The molecule has 0 radical (unpaired) electrons. The number of hydrogen-bond donors (Lipinski definition) is 1. The van der Waals surface area contributed by atoms with E-state index in [0.29, 0.717) is 7.68 Å². The van der Waals surface area contributed by atoms with Crippen molar-refractivity contribution in [2.45, 2.75) is 0 Å². The van der Waals surface area contributed by atoms with Gasteiger partial charge in [0.1, 0.15) is 0 Å². The van der Waals surface area contributed by atoms with Gasteiger partial charge in [-0.25, -0.2) is 0 Å². The number of nitrogens with zero attached hydrogens (tertiary/aromatic N) is 2. The Kier molecular flexibility index (Phi) is 2.17. The zero-order valence-corrected chi connectivity index (χ0v) is 7.87. The first-order chi connectivity index (χ1) is 3.72. The highest BCUT2D eigenvalue weighted by Crippen LogP contribution is 1.94. The largest absolute Gasteiger partial charge is 0.620 e. The van der Waals surface area contributed by atoms with Crippen molar-refractivity contribution >= 4 is 52.9 Å². The Morgan fingerprint density at radius 3 is 1.75 bits per heavy atom. The van der Waals surface area contributed by atoms with Gasteiger partial charge >= 0.3 is 0 Å². The molecule has 4 nitrogen and oxygen atoms in total. The molecule has 0 saturated heterocycles. The molecule has 0 saturated carbocycles. The average molecular weight is 337 g/mol. The van der Waals surface area contributed by atoms with Crippen molar-refractivity contribution in [2.75, 3.05) is 0 Å². The van der Waals surface area contributed by atoms with Crippen LogP contribution in [0.4, 0.5) is 0 Å². The maximum absolute atomic E-state index is 10.6. The molecule has 0 atom stereocenters. The van der Waals surface area contributed by atoms with E-state index in [4.69, 9.17) is 0 Å². The second-order valence-electron chi connectivity index (χ2n) is 1.11. The summed E-state index contributed by atoms with van der Waals surface area (Å²) < 4.78 is 0.902. The Balaban J connectivity index is 2.75. The van der Waals surface area contributed by atoms with Crippen LogP contribution in [-0.2, 0) is 0 Å². The minimum atomic E-state index is -0.0637. The van der Waals surface area contributed by atoms with Gasteiger partial charge in [-0.3, -0.25) is 5.06 Å². The highest BCUT2D eigenvalue weighted by Gasteiger charge is 2.15. The molecule has 1 N–H and O–H groups in total. The van der Waals surface area contributed by atoms with Crippen LogP contribution in [0.25, 0.3) is 0 Å². The minimum Gasteiger partial charge on any atom is -0.620 e. The molecule has 0 aromatic heterocycles. The lowest BCUT2D eigenvalue weighted by molar-refractivity contribution is -0.619. The second kappa shape index (κ2) is 2.54. The molecule has 0 unspecified atom stereocenters. The van der Waals surface area contributed by atoms with E-state index in [1.54, 1.807) is 0 Å². The topological polar surface area (TPSA) is 52.2 Å². The fourth-order valence-electron chi connectivity index (χ4n) is 0.264. The van der Waals surface area contributed by atoms with Crippen molar-refractivity contribution in [1.82, 2.24) is 0 Å². The summed E-state index contributed by atoms with van der Waals surface area (Å²) in [6.45, 7) is 0. The van der Waals surface area contributed by atoms with Gasteiger partial charge in [-0.1, -0.05) is 10.2 Å². The summed E-state index contributed by atoms with van der Waals surface area (Å²) in [4.78, 5) is 0. The normalized spacial score (nSPS) is 20.9. The molecule has 0 amide bonds. The minimum absolute atomic E-state index is 0.0637. The molecule has 8 heavy (non-hydrogen) atoms. The third-order valence-corrected chi connectivity index (χ3v) is 2.01. The van der Waals surface area contributed by atoms with Gasteiger partial charge in [0, 0.05) is 0 Å². The highest BCUT2D eigenvalue weighted by atomic mass is 127. The zero-order chi connectivity index (χ0) is 6.15. The van der Waals surface area contributed by atoms with Crippen LogP contribution in [0.15, 0.2) is 10.2 Å². The standard InChI is InChI=1S/C2HI2N3O/c3-1-5-6-2(4)7(1)8/h7H. The molecule has 1 aliphatic heterocycles. The third kappa shape index (κ3) is 1.17. The molecule has 1 aliphatic rings. The van der Waals surface area contributed by atoms with Crippen LogP contribution in [0.3, 0.4) is 0 Å². The molecule has 1 rings (SSSR count). The van der Waals surface area contributed by atoms with E-state index in [1.807, 2.05) is 45.2 Å². The summed E-state index contributed by atoms with van der Waals surface area (Å²) in [5.74, 6) is 0. The summed E-state index contributed by atoms with van der Waals surface area (Å²) in [7, 11) is 0. The summed E-state index contributed by atoms with van der Waals surface area (Å²) in [5, 5.41) is 17.6. The first kappa shape index (κ1) is 6.83. The Morgan fingerprint density at radius 1 is 1.25 bits per heavy atom. The van der Waals surface area contributed by atoms with Crippen molar-refractivity contribution in [1.29, 1.82) is 0 Å². The summed E-state index contributed by atoms with van der Waals surface area (Å²) in [5.41, 5.74) is 0. The van der Waals surface area contributed by atoms with E-state index in [-0.39, 0.29) is 5.06 Å². The quantitative estimate of drug-likeness (QED) is 0.374. The van der Waals surface area contributed by atoms with Crippen LogP contribution in [-0.4, -0.2) is 7.68 Å². The van der Waals surface area contributed by atoms with E-state index >= 15 is 0 Å². The summed E-state index contributed by atoms with van der Waals surface area (Å²) in [6.07, 6.45) is 0. The predicted octanol–water partition coefficient (Wildman–Crippen LogP) is -0.120. The van der Waals surface area contributed by atoms with Crippen LogP contribution in [0.5, 0.6) is 0 Å². The van der Waals surface area contributed by atoms with E-state index < -0.39 is 0 Å². The van der Waals surface area contributed by atoms with Crippen LogP contribution in [0, 0.1) is 5.21 Å². The molecule has 0 aliphatic carbocycles. The number of hydrogen-bond acceptors (Lipinski definition) is 3. The lowest BCUT2D eigenvalue weighted by Gasteiger charge is -2.09. The molecule has 1 heterocycles. The second-order valence-corrected chi connectivity index (χ2v) is 3.15. The number of amidine groups is 2. The Morgan fingerprint density at radius 2 is 1.62 bits per heavy atom. The van der Waals surface area contributed by atoms with Crippen LogP contribution < -0.4 is 5.06 Å². The van der Waals surface area contributed by atoms with Crippen LogP contribution in [0.1, 0.15) is 0 Å². The van der Waals surface area contributed by atoms with Crippen LogP contribution in [0.2, 0.25) is 0 Å². The first-order valence-corrected chi connectivity index (χ1v) is 3.89. The monoisotopic (exact) mass is 337 g/mol. The molecule has 0 spiro atoms. The maximum atomic E-state index is 10.6. The Hall–Kier alpha value is 0.720. The Labute approximate surface area is 72.9 Å². The zero-order valence-electron chi connectivity index (χ0n) is 3.56. The summed E-state index contributed by atoms with van der Waals surface area (Å²) in [6, 6.07) is 0. The molecular weight excluding hydrogens is 336 g/mol. The SMILES string of the molecule is [O-][NH+]1C(I)=NN=C1I. The van der Waals surface area contributed by atoms with Crippen molar-refractivity contribution in [3.05, 3.63) is 5.21 Å². The molecule has 44 valence electrons. The van der Waals surface area contributed by atoms with Gasteiger partial charge in [0.15, 0.2) is 0 Å². The van der Waals surface area contributed by atoms with E-state index in [2.05, 4.69) is 10.2 Å². The number of hydroxylamine groups is 2. The van der Waals surface area contributed by atoms with Gasteiger partial charge in [-0.2, -0.15) is 0 Å². The number of nitrogens with one attached hydrogen (secondary N) is 1. The van der Waals surface area contributed by atoms with Gasteiger partial charge < -0.3 is 5.21 Å². The van der Waals surface area contributed by atoms with E-state index in [9.17, 15) is 5.21 Å². The van der Waals surface area contributed by atoms with Gasteiger partial charge in [0.25, 0.3) is 7.68 Å². The van der Waals surface area contributed by atoms with E-state index in [1.165, 1.54) is 0 Å². The highest BCUT2D eigenvalue weighted by molar-refractivity contribution is 14.1. The smallest absolute Gasteiger partial charge is 0.288 e. The molecule has 0 bridgehead atoms. The van der Waals surface area contributed by atoms with Crippen molar-refractivity contribution in [2.24, 2.45) is 10.2 Å². The van der Waals surface area contributed by atoms with Crippen molar-refractivity contribution < 1.29 is 5.06 Å². The lowest BCUT2D eigenvalue weighted by atomic mass is 11.1. The number of quaternary nitrogens is 1. The van der Waals surface area contributed by atoms with Gasteiger partial charge in [-0.15, -0.1) is 0 Å². The lowest BCUT2D eigenvalue weighted by Crippen LogP contribution is -3.09. The molecule has 0 aromatic rings. The maximum Gasteiger partial charge on any atom is 0.288 e. The first-order valence-electron chi connectivity index (χ1n) is 1.73. The predicted molar refractivity (Wildman–Crippen MR) is 47.2 cm³/mol. The fourth-order valence-corrected chi connectivity index (χ4v) is 1.51. The van der Waals surface area contributed by atoms with Crippen molar-refractivity contribution in [3.8, 4) is 0 Å². The number of rotatable bonds is 0. The Bertz CT molecular complexity index is 147. The van der Waals surface area contributed by atoms with E-state index in [0.717, 1.165) is 0 Å². The van der Waals surface area contributed by atoms with Gasteiger partial charge in [-0.05, 0) is 0 Å². The molecule has 0 fully saturated rings. The van der Waals surface area contributed by atoms with Crippen LogP contribution >= 0.6 is 45.2 Å². The molecule has 0 aromatic carbocycles. The van der Waals surface area contributed by atoms with Gasteiger partial charge in [0.2, 0.25) is 0 Å². The van der Waals surface area contributed by atoms with Gasteiger partial charge in [0.05, 0.1) is 45.2 Å². The average Bonchev–Trinajstić information content (AvgIpc) is 1.98. The third-order valence-electron chi connectivity index (χ3n) is 0.600. The van der Waals surface area contributed by atoms with Crippen molar-refractivity contribution in [3.63, 3.8) is 0 Å². The summed E-state index contributed by atoms with van der Waals surface area (Å²) >= 11 is 3.71. The molecular formula is C2HI2N3O. The fraction of sp³-hybridized carbons (Fsp3) is 0.